The second-order valence-corrected chi connectivity index (χ2v) is 3.84. The minimum atomic E-state index is -1.41. The molecule has 0 aliphatic rings. The van der Waals surface area contributed by atoms with Crippen LogP contribution in [-0.2, 0) is 9.74 Å². The van der Waals surface area contributed by atoms with Gasteiger partial charge in [0.15, 0.2) is 0 Å². The van der Waals surface area contributed by atoms with Crippen molar-refractivity contribution in [3.63, 3.8) is 0 Å². The predicted molar refractivity (Wildman–Crippen MR) is 46.5 cm³/mol. The molecular weight excluding hydrogens is 177 g/mol. The molecule has 0 saturated heterocycles. The highest BCUT2D eigenvalue weighted by molar-refractivity contribution is 5.76. The maximum atomic E-state index is 10.5. The van der Waals surface area contributed by atoms with E-state index >= 15 is 0 Å². The fourth-order valence-corrected chi connectivity index (χ4v) is 0.747. The molecule has 0 aromatic carbocycles. The third-order valence-electron chi connectivity index (χ3n) is 0.855. The van der Waals surface area contributed by atoms with E-state index in [-0.39, 0.29) is 11.2 Å². The molecular formula is C8H16FNO3. The minimum absolute atomic E-state index is 0.172. The number of hydrogen-bond acceptors (Lipinski definition) is 3. The highest BCUT2D eigenvalue weighted by Gasteiger charge is 2.11. The summed E-state index contributed by atoms with van der Waals surface area (Å²) in [6.07, 6.45) is -0.725. The van der Waals surface area contributed by atoms with Gasteiger partial charge < -0.3 is 10.5 Å². The van der Waals surface area contributed by atoms with Crippen molar-refractivity contribution in [2.45, 2.75) is 34.1 Å². The van der Waals surface area contributed by atoms with Crippen LogP contribution in [0.3, 0.4) is 0 Å². The number of nitrogens with two attached hydrogens (primary N) is 1. The van der Waals surface area contributed by atoms with E-state index in [1.165, 1.54) is 0 Å². The molecule has 0 aromatic rings. The zero-order valence-electron chi connectivity index (χ0n) is 8.39. The molecule has 0 aromatic heterocycles. The first kappa shape index (κ1) is 14.4. The van der Waals surface area contributed by atoms with Crippen molar-refractivity contribution in [2.24, 2.45) is 11.1 Å². The van der Waals surface area contributed by atoms with Crippen molar-refractivity contribution in [1.29, 1.82) is 0 Å². The van der Waals surface area contributed by atoms with Gasteiger partial charge in [-0.15, -0.1) is 0 Å². The quantitative estimate of drug-likeness (QED) is 0.692. The Kier molecular flexibility index (Phi) is 7.08. The number of ketones is 1. The Balaban J connectivity index is 0. The number of amides is 1. The molecule has 4 nitrogen and oxygen atoms in total. The van der Waals surface area contributed by atoms with Gasteiger partial charge in [0.05, 0.1) is 0 Å². The highest BCUT2D eigenvalue weighted by Crippen LogP contribution is 2.17. The summed E-state index contributed by atoms with van der Waals surface area (Å²) in [5.74, 6) is 0.275. The highest BCUT2D eigenvalue weighted by atomic mass is 19.3. The number of rotatable bonds is 1. The summed E-state index contributed by atoms with van der Waals surface area (Å²) in [7, 11) is 0. The number of halogens is 1. The third-order valence-corrected chi connectivity index (χ3v) is 0.855. The van der Waals surface area contributed by atoms with E-state index in [9.17, 15) is 9.32 Å². The van der Waals surface area contributed by atoms with Gasteiger partial charge in [0.1, 0.15) is 5.78 Å². The van der Waals surface area contributed by atoms with E-state index in [1.807, 2.05) is 0 Å². The summed E-state index contributed by atoms with van der Waals surface area (Å²) >= 11 is 0. The molecule has 0 saturated carbocycles. The van der Waals surface area contributed by atoms with Crippen LogP contribution < -0.4 is 5.73 Å². The van der Waals surface area contributed by atoms with E-state index in [0.717, 1.165) is 0 Å². The lowest BCUT2D eigenvalue weighted by Crippen LogP contribution is -2.09. The van der Waals surface area contributed by atoms with Gasteiger partial charge in [-0.2, -0.15) is 0 Å². The molecule has 13 heavy (non-hydrogen) atoms. The topological polar surface area (TPSA) is 69.4 Å². The van der Waals surface area contributed by atoms with Crippen LogP contribution in [0, 0.1) is 5.41 Å². The van der Waals surface area contributed by atoms with Gasteiger partial charge in [-0.25, -0.2) is 9.74 Å². The van der Waals surface area contributed by atoms with Crippen molar-refractivity contribution >= 4 is 11.9 Å². The molecule has 0 radical (unpaired) electrons. The van der Waals surface area contributed by atoms with E-state index in [2.05, 4.69) is 31.4 Å². The first-order valence-corrected chi connectivity index (χ1v) is 3.76. The molecule has 0 fully saturated rings. The molecule has 0 spiro atoms. The Labute approximate surface area is 77.1 Å². The largest absolute Gasteiger partial charge is 0.442 e. The van der Waals surface area contributed by atoms with Crippen molar-refractivity contribution in [3.05, 3.63) is 0 Å². The lowest BCUT2D eigenvalue weighted by atomic mass is 9.91. The van der Waals surface area contributed by atoms with Crippen molar-refractivity contribution in [1.82, 2.24) is 0 Å². The van der Waals surface area contributed by atoms with Gasteiger partial charge in [-0.05, 0) is 12.3 Å². The van der Waals surface area contributed by atoms with Gasteiger partial charge >= 0.3 is 6.09 Å². The Morgan fingerprint density at radius 1 is 1.38 bits per heavy atom. The lowest BCUT2D eigenvalue weighted by molar-refractivity contribution is -0.118. The Bertz CT molecular complexity index is 175. The van der Waals surface area contributed by atoms with E-state index in [0.29, 0.717) is 6.42 Å². The second kappa shape index (κ2) is 6.39. The maximum Gasteiger partial charge on any atom is 0.442 e. The molecule has 0 heterocycles. The fraction of sp³-hybridized carbons (Fsp3) is 0.750. The van der Waals surface area contributed by atoms with Gasteiger partial charge in [-0.3, -0.25) is 0 Å². The summed E-state index contributed by atoms with van der Waals surface area (Å²) in [6, 6.07) is 0. The van der Waals surface area contributed by atoms with Crippen molar-refractivity contribution < 1.29 is 19.1 Å². The third kappa shape index (κ3) is 24.8. The second-order valence-electron chi connectivity index (χ2n) is 3.84. The number of carbonyl (C=O) groups excluding carboxylic acids is 2. The Morgan fingerprint density at radius 3 is 1.69 bits per heavy atom. The van der Waals surface area contributed by atoms with Crippen LogP contribution in [0.1, 0.15) is 34.1 Å². The summed E-state index contributed by atoms with van der Waals surface area (Å²) < 4.78 is 10.1. The summed E-state index contributed by atoms with van der Waals surface area (Å²) in [4.78, 5) is 21.8. The predicted octanol–water partition coefficient (Wildman–Crippen LogP) is 1.98. The molecule has 0 bridgehead atoms. The molecule has 1 amide bonds. The summed E-state index contributed by atoms with van der Waals surface area (Å²) in [5.41, 5.74) is 4.23. The van der Waals surface area contributed by atoms with E-state index in [1.54, 1.807) is 6.92 Å². The summed E-state index contributed by atoms with van der Waals surface area (Å²) in [6.45, 7) is 7.82. The molecule has 0 unspecified atom stereocenters. The molecule has 0 atom stereocenters. The smallest absolute Gasteiger partial charge is 0.332 e. The van der Waals surface area contributed by atoms with Crippen LogP contribution in [0.2, 0.25) is 0 Å². The SMILES string of the molecule is CC(=O)CC(C)(C)C.NC(=O)OF. The zero-order valence-corrected chi connectivity index (χ0v) is 8.39. The van der Waals surface area contributed by atoms with Gasteiger partial charge in [0, 0.05) is 10.9 Å². The average Bonchev–Trinajstić information content (AvgIpc) is 1.83. The monoisotopic (exact) mass is 193 g/mol. The Hall–Kier alpha value is -1.13. The van der Waals surface area contributed by atoms with Gasteiger partial charge in [-0.1, -0.05) is 20.8 Å². The lowest BCUT2D eigenvalue weighted by Gasteiger charge is -2.14. The Morgan fingerprint density at radius 2 is 1.69 bits per heavy atom. The first-order chi connectivity index (χ1) is 5.69. The number of Topliss-reactive ketones (excluding diaryl/α,β-unsaturated/α-hetero) is 1. The standard InChI is InChI=1S/C7H14O.CH2FNO2/c1-6(8)5-7(2,3)4;2-5-1(3)4/h5H2,1-4H3;(H2,3,4). The first-order valence-electron chi connectivity index (χ1n) is 3.76. The molecule has 0 aliphatic heterocycles. The van der Waals surface area contributed by atoms with Crippen LogP contribution >= 0.6 is 0 Å². The van der Waals surface area contributed by atoms with Crippen LogP contribution in [0.25, 0.3) is 0 Å². The van der Waals surface area contributed by atoms with Crippen LogP contribution in [0.15, 0.2) is 0 Å². The number of carbonyl (C=O) groups is 2. The molecule has 78 valence electrons. The van der Waals surface area contributed by atoms with Crippen molar-refractivity contribution in [3.8, 4) is 0 Å². The van der Waals surface area contributed by atoms with Gasteiger partial charge in [0.25, 0.3) is 0 Å². The fourth-order valence-electron chi connectivity index (χ4n) is 0.747. The maximum absolute atomic E-state index is 10.5. The van der Waals surface area contributed by atoms with Crippen LogP contribution in [0.4, 0.5) is 9.32 Å². The normalized spacial score (nSPS) is 9.62. The average molecular weight is 193 g/mol. The summed E-state index contributed by atoms with van der Waals surface area (Å²) in [5, 5.41) is 0. The minimum Gasteiger partial charge on any atom is -0.332 e. The van der Waals surface area contributed by atoms with Crippen LogP contribution in [0.5, 0.6) is 0 Å². The molecule has 0 rings (SSSR count). The van der Waals surface area contributed by atoms with Gasteiger partial charge in [0.2, 0.25) is 0 Å². The molecule has 5 heteroatoms. The van der Waals surface area contributed by atoms with E-state index in [4.69, 9.17) is 4.79 Å². The van der Waals surface area contributed by atoms with Crippen LogP contribution in [-0.4, -0.2) is 11.9 Å². The number of hydrogen-bond donors (Lipinski definition) is 1. The van der Waals surface area contributed by atoms with E-state index < -0.39 is 6.09 Å². The molecule has 2 N–H and O–H groups in total. The van der Waals surface area contributed by atoms with Crippen molar-refractivity contribution in [2.75, 3.05) is 0 Å². The zero-order chi connectivity index (χ0) is 11.1. The molecule has 0 aliphatic carbocycles. The number of primary amides is 1.